The average molecular weight is 490 g/mol. The van der Waals surface area contributed by atoms with E-state index in [1.165, 1.54) is 12.0 Å². The molecule has 0 radical (unpaired) electrons. The minimum absolute atomic E-state index is 0.344. The van der Waals surface area contributed by atoms with Crippen LogP contribution < -0.4 is 10.6 Å². The summed E-state index contributed by atoms with van der Waals surface area (Å²) in [5.41, 5.74) is 2.88. The molecule has 178 valence electrons. The number of hydrogen-bond acceptors (Lipinski definition) is 7. The summed E-state index contributed by atoms with van der Waals surface area (Å²) in [6.45, 7) is 7.10. The van der Waals surface area contributed by atoms with Crippen LogP contribution in [-0.4, -0.2) is 55.3 Å². The Hall–Kier alpha value is -2.49. The number of nitrogens with zero attached hydrogens (tertiary/aromatic N) is 1. The Bertz CT molecular complexity index is 984. The first-order chi connectivity index (χ1) is 16.0. The Kier molecular flexibility index (Phi) is 9.22. The second-order valence-corrected chi connectivity index (χ2v) is 9.24. The number of carbonyl (C=O) groups excluding carboxylic acids is 2. The minimum atomic E-state index is -0.346. The lowest BCUT2D eigenvalue weighted by Gasteiger charge is -2.17. The van der Waals surface area contributed by atoms with Crippen molar-refractivity contribution in [2.24, 2.45) is 0 Å². The standard InChI is InChI=1S/C24H31N3O4S2/c1-4-27(5-2)14-15-31-22(28)16-10-12-17(13-11-16)25-24(32)26-21-20(23(29)30-3)18-8-6-7-9-19(18)33-21/h10-13H,4-9,14-15H2,1-3H3,(H2,25,26,32). The normalized spacial score (nSPS) is 12.7. The van der Waals surface area contributed by atoms with E-state index in [0.717, 1.165) is 56.6 Å². The van der Waals surface area contributed by atoms with Gasteiger partial charge in [0.1, 0.15) is 11.6 Å². The monoisotopic (exact) mass is 489 g/mol. The number of ether oxygens (including phenoxy) is 2. The van der Waals surface area contributed by atoms with E-state index in [1.54, 1.807) is 35.6 Å². The van der Waals surface area contributed by atoms with Crippen molar-refractivity contribution in [2.45, 2.75) is 39.5 Å². The fourth-order valence-electron chi connectivity index (χ4n) is 3.82. The SMILES string of the molecule is CCN(CC)CCOC(=O)c1ccc(NC(=S)Nc2sc3c(c2C(=O)OC)CCCC3)cc1. The van der Waals surface area contributed by atoms with E-state index in [9.17, 15) is 9.59 Å². The molecule has 9 heteroatoms. The molecular weight excluding hydrogens is 458 g/mol. The van der Waals surface area contributed by atoms with E-state index >= 15 is 0 Å². The molecule has 3 rings (SSSR count). The van der Waals surface area contributed by atoms with Crippen molar-refractivity contribution in [1.82, 2.24) is 4.90 Å². The minimum Gasteiger partial charge on any atom is -0.465 e. The molecule has 0 saturated carbocycles. The number of esters is 2. The van der Waals surface area contributed by atoms with Crippen LogP contribution in [0.3, 0.4) is 0 Å². The molecule has 33 heavy (non-hydrogen) atoms. The number of anilines is 2. The number of benzene rings is 1. The highest BCUT2D eigenvalue weighted by atomic mass is 32.1. The number of carbonyl (C=O) groups is 2. The number of aryl methyl sites for hydroxylation is 1. The van der Waals surface area contributed by atoms with Gasteiger partial charge in [0, 0.05) is 17.1 Å². The van der Waals surface area contributed by atoms with E-state index in [1.807, 2.05) is 0 Å². The molecule has 1 heterocycles. The summed E-state index contributed by atoms with van der Waals surface area (Å²) in [5, 5.41) is 7.35. The third-order valence-electron chi connectivity index (χ3n) is 5.70. The molecule has 0 fully saturated rings. The molecule has 7 nitrogen and oxygen atoms in total. The molecule has 0 unspecified atom stereocenters. The van der Waals surface area contributed by atoms with Gasteiger partial charge in [-0.1, -0.05) is 13.8 Å². The lowest BCUT2D eigenvalue weighted by Crippen LogP contribution is -2.27. The molecule has 2 N–H and O–H groups in total. The van der Waals surface area contributed by atoms with Crippen LogP contribution in [-0.2, 0) is 22.3 Å². The summed E-state index contributed by atoms with van der Waals surface area (Å²) in [4.78, 5) is 28.1. The maximum atomic E-state index is 12.4. The Morgan fingerprint density at radius 2 is 1.76 bits per heavy atom. The maximum Gasteiger partial charge on any atom is 0.341 e. The highest BCUT2D eigenvalue weighted by Crippen LogP contribution is 2.38. The topological polar surface area (TPSA) is 79.9 Å². The lowest BCUT2D eigenvalue weighted by molar-refractivity contribution is 0.0466. The third-order valence-corrected chi connectivity index (χ3v) is 7.11. The number of likely N-dealkylation sites (N-methyl/N-ethyl adjacent to an activating group) is 1. The summed E-state index contributed by atoms with van der Waals surface area (Å²) in [7, 11) is 1.39. The van der Waals surface area contributed by atoms with E-state index in [4.69, 9.17) is 21.7 Å². The molecule has 0 saturated heterocycles. The molecule has 0 bridgehead atoms. The Morgan fingerprint density at radius 3 is 2.42 bits per heavy atom. The number of fused-ring (bicyclic) bond motifs is 1. The molecule has 1 aromatic carbocycles. The maximum absolute atomic E-state index is 12.4. The van der Waals surface area contributed by atoms with Crippen molar-refractivity contribution >= 4 is 51.3 Å². The number of nitrogens with one attached hydrogen (secondary N) is 2. The second-order valence-electron chi connectivity index (χ2n) is 7.73. The van der Waals surface area contributed by atoms with Gasteiger partial charge in [-0.2, -0.15) is 0 Å². The largest absolute Gasteiger partial charge is 0.465 e. The van der Waals surface area contributed by atoms with Crippen molar-refractivity contribution in [3.05, 3.63) is 45.8 Å². The summed E-state index contributed by atoms with van der Waals surface area (Å²) in [6, 6.07) is 6.95. The van der Waals surface area contributed by atoms with Gasteiger partial charge in [-0.05, 0) is 80.8 Å². The number of methoxy groups -OCH3 is 1. The Labute approximate surface area is 204 Å². The Balaban J connectivity index is 1.59. The molecular formula is C24H31N3O4S2. The molecule has 2 aromatic rings. The van der Waals surface area contributed by atoms with Crippen molar-refractivity contribution in [3.63, 3.8) is 0 Å². The van der Waals surface area contributed by atoms with E-state index in [2.05, 4.69) is 29.4 Å². The van der Waals surface area contributed by atoms with E-state index in [-0.39, 0.29) is 11.9 Å². The number of thiophene rings is 1. The van der Waals surface area contributed by atoms with Crippen molar-refractivity contribution in [2.75, 3.05) is 44.0 Å². The average Bonchev–Trinajstić information content (AvgIpc) is 3.19. The van der Waals surface area contributed by atoms with Crippen LogP contribution in [0.2, 0.25) is 0 Å². The van der Waals surface area contributed by atoms with Crippen LogP contribution >= 0.6 is 23.6 Å². The molecule has 0 atom stereocenters. The fraction of sp³-hybridized carbons (Fsp3) is 0.458. The number of rotatable bonds is 9. The highest BCUT2D eigenvalue weighted by molar-refractivity contribution is 7.80. The van der Waals surface area contributed by atoms with Gasteiger partial charge in [0.15, 0.2) is 5.11 Å². The summed E-state index contributed by atoms with van der Waals surface area (Å²) >= 11 is 7.03. The molecule has 0 amide bonds. The predicted molar refractivity (Wildman–Crippen MR) is 137 cm³/mol. The highest BCUT2D eigenvalue weighted by Gasteiger charge is 2.26. The molecule has 1 aromatic heterocycles. The van der Waals surface area contributed by atoms with Crippen molar-refractivity contribution in [1.29, 1.82) is 0 Å². The van der Waals surface area contributed by atoms with Crippen LogP contribution in [0.25, 0.3) is 0 Å². The van der Waals surface area contributed by atoms with Crippen molar-refractivity contribution in [3.8, 4) is 0 Å². The van der Waals surface area contributed by atoms with Crippen LogP contribution in [0, 0.1) is 0 Å². The fourth-order valence-corrected chi connectivity index (χ4v) is 5.38. The Morgan fingerprint density at radius 1 is 1.06 bits per heavy atom. The zero-order valence-corrected chi connectivity index (χ0v) is 21.0. The zero-order chi connectivity index (χ0) is 23.8. The van der Waals surface area contributed by atoms with Crippen molar-refractivity contribution < 1.29 is 19.1 Å². The quantitative estimate of drug-likeness (QED) is 0.387. The second kappa shape index (κ2) is 12.1. The van der Waals surface area contributed by atoms with Crippen LogP contribution in [0.15, 0.2) is 24.3 Å². The van der Waals surface area contributed by atoms with Crippen LogP contribution in [0.5, 0.6) is 0 Å². The van der Waals surface area contributed by atoms with Gasteiger partial charge in [-0.3, -0.25) is 0 Å². The molecule has 0 aliphatic heterocycles. The molecule has 1 aliphatic rings. The first-order valence-corrected chi connectivity index (χ1v) is 12.5. The third kappa shape index (κ3) is 6.52. The van der Waals surface area contributed by atoms with Gasteiger partial charge in [-0.15, -0.1) is 11.3 Å². The van der Waals surface area contributed by atoms with Gasteiger partial charge in [0.2, 0.25) is 0 Å². The summed E-state index contributed by atoms with van der Waals surface area (Å²) in [6.07, 6.45) is 4.05. The predicted octanol–water partition coefficient (Wildman–Crippen LogP) is 4.72. The lowest BCUT2D eigenvalue weighted by atomic mass is 9.95. The van der Waals surface area contributed by atoms with Crippen LogP contribution in [0.1, 0.15) is 57.8 Å². The number of thiocarbonyl (C=S) groups is 1. The summed E-state index contributed by atoms with van der Waals surface area (Å²) in [5.74, 6) is -0.690. The van der Waals surface area contributed by atoms with Gasteiger partial charge in [0.25, 0.3) is 0 Å². The molecule has 1 aliphatic carbocycles. The van der Waals surface area contributed by atoms with E-state index < -0.39 is 0 Å². The smallest absolute Gasteiger partial charge is 0.341 e. The van der Waals surface area contributed by atoms with Gasteiger partial charge >= 0.3 is 11.9 Å². The molecule has 0 spiro atoms. The zero-order valence-electron chi connectivity index (χ0n) is 19.4. The first-order valence-electron chi connectivity index (χ1n) is 11.3. The van der Waals surface area contributed by atoms with Crippen LogP contribution in [0.4, 0.5) is 10.7 Å². The van der Waals surface area contributed by atoms with Gasteiger partial charge in [0.05, 0.1) is 18.2 Å². The van der Waals surface area contributed by atoms with Gasteiger partial charge < -0.3 is 25.0 Å². The first kappa shape index (κ1) is 25.1. The number of hydrogen-bond donors (Lipinski definition) is 2. The van der Waals surface area contributed by atoms with Gasteiger partial charge in [-0.25, -0.2) is 9.59 Å². The van der Waals surface area contributed by atoms with E-state index in [0.29, 0.717) is 27.8 Å². The summed E-state index contributed by atoms with van der Waals surface area (Å²) < 4.78 is 10.4.